The molecule has 0 fully saturated rings. The molecule has 0 atom stereocenters. The zero-order valence-corrected chi connectivity index (χ0v) is 21.1. The lowest BCUT2D eigenvalue weighted by atomic mass is 10.2. The molecule has 0 spiro atoms. The van der Waals surface area contributed by atoms with E-state index in [1.54, 1.807) is 0 Å². The highest BCUT2D eigenvalue weighted by Crippen LogP contribution is 2.62. The van der Waals surface area contributed by atoms with Crippen LogP contribution < -0.4 is 15.9 Å². The van der Waals surface area contributed by atoms with Gasteiger partial charge in [-0.3, -0.25) is 0 Å². The Morgan fingerprint density at radius 1 is 0.667 bits per heavy atom. The average Bonchev–Trinajstić information content (AvgIpc) is 2.88. The lowest BCUT2D eigenvalue weighted by molar-refractivity contribution is -0.139. The standard InChI is InChI=1S/C29H26O2P.BrH/c1-2-28(29(30)31-23-24-15-7-3-8-16-24)32(25-17-9-4-10-18-25,26-19-11-5-12-20-26)27-21-13-6-14-22-27;/h2-22H,23H2,1H3;1H/q+1;. The van der Waals surface area contributed by atoms with Crippen molar-refractivity contribution in [1.29, 1.82) is 0 Å². The van der Waals surface area contributed by atoms with Crippen LogP contribution in [0.15, 0.2) is 133 Å². The third-order valence-corrected chi connectivity index (χ3v) is 9.87. The maximum atomic E-state index is 13.7. The lowest BCUT2D eigenvalue weighted by Gasteiger charge is -2.28. The Hall–Kier alpha value is -3.00. The van der Waals surface area contributed by atoms with E-state index in [1.807, 2.05) is 97.9 Å². The quantitative estimate of drug-likeness (QED) is 0.165. The van der Waals surface area contributed by atoms with Crippen LogP contribution in [-0.4, -0.2) is 5.97 Å². The third-order valence-electron chi connectivity index (χ3n) is 5.49. The summed E-state index contributed by atoms with van der Waals surface area (Å²) in [5.41, 5.74) is 0.972. The van der Waals surface area contributed by atoms with Crippen molar-refractivity contribution in [2.24, 2.45) is 0 Å². The van der Waals surface area contributed by atoms with Gasteiger partial charge in [0, 0.05) is 0 Å². The van der Waals surface area contributed by atoms with E-state index in [4.69, 9.17) is 4.74 Å². The Morgan fingerprint density at radius 3 is 1.39 bits per heavy atom. The maximum Gasteiger partial charge on any atom is 0.374 e. The molecule has 0 heterocycles. The number of hydrogen-bond acceptors (Lipinski definition) is 2. The average molecular weight is 518 g/mol. The molecule has 0 radical (unpaired) electrons. The van der Waals surface area contributed by atoms with Crippen molar-refractivity contribution < 1.29 is 9.53 Å². The highest BCUT2D eigenvalue weighted by atomic mass is 79.9. The summed E-state index contributed by atoms with van der Waals surface area (Å²) in [7, 11) is -2.45. The Morgan fingerprint density at radius 2 is 1.03 bits per heavy atom. The highest BCUT2D eigenvalue weighted by molar-refractivity contribution is 8.93. The second-order valence-corrected chi connectivity index (χ2v) is 10.8. The van der Waals surface area contributed by atoms with Gasteiger partial charge in [-0.2, -0.15) is 0 Å². The van der Waals surface area contributed by atoms with Crippen LogP contribution in [0.25, 0.3) is 0 Å². The van der Waals surface area contributed by atoms with Crippen LogP contribution in [0.1, 0.15) is 12.5 Å². The van der Waals surface area contributed by atoms with E-state index in [9.17, 15) is 4.79 Å². The predicted molar refractivity (Wildman–Crippen MR) is 145 cm³/mol. The molecule has 0 bridgehead atoms. The number of allylic oxidation sites excluding steroid dienone is 1. The van der Waals surface area contributed by atoms with E-state index >= 15 is 0 Å². The second kappa shape index (κ2) is 11.7. The van der Waals surface area contributed by atoms with Crippen molar-refractivity contribution in [3.05, 3.63) is 138 Å². The van der Waals surface area contributed by atoms with Gasteiger partial charge in [0.25, 0.3) is 0 Å². The molecule has 0 saturated heterocycles. The fourth-order valence-corrected chi connectivity index (χ4v) is 8.38. The molecular weight excluding hydrogens is 491 g/mol. The van der Waals surface area contributed by atoms with Gasteiger partial charge in [-0.25, -0.2) is 4.79 Å². The molecule has 166 valence electrons. The minimum absolute atomic E-state index is 0. The summed E-state index contributed by atoms with van der Waals surface area (Å²) in [6.45, 7) is 2.18. The van der Waals surface area contributed by atoms with Gasteiger partial charge < -0.3 is 4.74 Å². The Labute approximate surface area is 207 Å². The summed E-state index contributed by atoms with van der Waals surface area (Å²) in [6, 6.07) is 40.8. The largest absolute Gasteiger partial charge is 0.455 e. The van der Waals surface area contributed by atoms with Gasteiger partial charge in [-0.05, 0) is 55.0 Å². The molecule has 0 N–H and O–H groups in total. The van der Waals surface area contributed by atoms with Crippen LogP contribution in [-0.2, 0) is 16.1 Å². The van der Waals surface area contributed by atoms with Crippen LogP contribution in [0.5, 0.6) is 0 Å². The molecular formula is C29H27BrO2P+. The Bertz CT molecular complexity index is 1080. The van der Waals surface area contributed by atoms with Crippen LogP contribution >= 0.6 is 24.2 Å². The van der Waals surface area contributed by atoms with Crippen LogP contribution in [0.2, 0.25) is 0 Å². The summed E-state index contributed by atoms with van der Waals surface area (Å²) in [4.78, 5) is 13.7. The van der Waals surface area contributed by atoms with Gasteiger partial charge in [0.15, 0.2) is 12.6 Å². The van der Waals surface area contributed by atoms with Crippen molar-refractivity contribution in [2.45, 2.75) is 13.5 Å². The zero-order chi connectivity index (χ0) is 22.2. The lowest BCUT2D eigenvalue weighted by Crippen LogP contribution is -2.35. The maximum absolute atomic E-state index is 13.7. The fourth-order valence-electron chi connectivity index (χ4n) is 4.06. The first-order chi connectivity index (χ1) is 15.8. The van der Waals surface area contributed by atoms with Gasteiger partial charge in [-0.15, -0.1) is 17.0 Å². The van der Waals surface area contributed by atoms with E-state index in [1.165, 1.54) is 0 Å². The smallest absolute Gasteiger partial charge is 0.374 e. The van der Waals surface area contributed by atoms with Crippen molar-refractivity contribution >= 4 is 46.1 Å². The zero-order valence-electron chi connectivity index (χ0n) is 18.5. The van der Waals surface area contributed by atoms with Gasteiger partial charge in [-0.1, -0.05) is 84.9 Å². The fraction of sp³-hybridized carbons (Fsp3) is 0.0690. The molecule has 0 aliphatic carbocycles. The second-order valence-electron chi connectivity index (χ2n) is 7.41. The number of rotatable bonds is 7. The number of benzene rings is 4. The van der Waals surface area contributed by atoms with Crippen molar-refractivity contribution in [1.82, 2.24) is 0 Å². The number of hydrogen-bond donors (Lipinski definition) is 0. The van der Waals surface area contributed by atoms with Crippen LogP contribution in [0, 0.1) is 0 Å². The molecule has 0 aromatic heterocycles. The summed E-state index contributed by atoms with van der Waals surface area (Å²) in [5, 5.41) is 4.09. The van der Waals surface area contributed by atoms with E-state index in [2.05, 4.69) is 36.4 Å². The summed E-state index contributed by atoms with van der Waals surface area (Å²) < 4.78 is 5.87. The third kappa shape index (κ3) is 5.16. The van der Waals surface area contributed by atoms with Gasteiger partial charge in [0.05, 0.1) is 0 Å². The minimum atomic E-state index is -2.45. The summed E-state index contributed by atoms with van der Waals surface area (Å²) >= 11 is 0. The van der Waals surface area contributed by atoms with Gasteiger partial charge in [0.2, 0.25) is 0 Å². The number of ether oxygens (including phenoxy) is 1. The minimum Gasteiger partial charge on any atom is -0.455 e. The molecule has 33 heavy (non-hydrogen) atoms. The van der Waals surface area contributed by atoms with E-state index in [-0.39, 0.29) is 29.6 Å². The molecule has 4 heteroatoms. The number of carbonyl (C=O) groups is 1. The first-order valence-electron chi connectivity index (χ1n) is 10.7. The molecule has 0 aliphatic heterocycles. The SMILES string of the molecule is Br.CC=C(C(=O)OCc1ccccc1)[P+](c1ccccc1)(c1ccccc1)c1ccccc1. The predicted octanol–water partition coefficient (Wildman–Crippen LogP) is 6.21. The van der Waals surface area contributed by atoms with Crippen molar-refractivity contribution in [3.63, 3.8) is 0 Å². The molecule has 0 amide bonds. The molecule has 0 unspecified atom stereocenters. The van der Waals surface area contributed by atoms with E-state index in [0.717, 1.165) is 21.5 Å². The summed E-state index contributed by atoms with van der Waals surface area (Å²) in [6.07, 6.45) is 1.94. The van der Waals surface area contributed by atoms with Gasteiger partial charge in [0.1, 0.15) is 22.5 Å². The monoisotopic (exact) mass is 517 g/mol. The molecule has 0 aliphatic rings. The first kappa shape index (κ1) is 24.6. The molecule has 2 nitrogen and oxygen atoms in total. The van der Waals surface area contributed by atoms with E-state index in [0.29, 0.717) is 5.31 Å². The molecule has 4 rings (SSSR count). The van der Waals surface area contributed by atoms with Gasteiger partial charge >= 0.3 is 5.97 Å². The number of carbonyl (C=O) groups excluding carboxylic acids is 1. The van der Waals surface area contributed by atoms with Crippen LogP contribution in [0.4, 0.5) is 0 Å². The first-order valence-corrected chi connectivity index (χ1v) is 12.5. The topological polar surface area (TPSA) is 26.3 Å². The molecule has 4 aromatic rings. The van der Waals surface area contributed by atoms with Crippen molar-refractivity contribution in [3.8, 4) is 0 Å². The van der Waals surface area contributed by atoms with E-state index < -0.39 is 7.26 Å². The number of esters is 1. The Kier molecular flexibility index (Phi) is 8.77. The normalized spacial score (nSPS) is 11.4. The Balaban J connectivity index is 0.00000306. The summed E-state index contributed by atoms with van der Waals surface area (Å²) in [5.74, 6) is -0.277. The molecule has 4 aromatic carbocycles. The van der Waals surface area contributed by atoms with Crippen molar-refractivity contribution in [2.75, 3.05) is 0 Å². The molecule has 0 saturated carbocycles. The number of halogens is 1. The highest BCUT2D eigenvalue weighted by Gasteiger charge is 2.52. The van der Waals surface area contributed by atoms with Crippen LogP contribution in [0.3, 0.4) is 0 Å².